The summed E-state index contributed by atoms with van der Waals surface area (Å²) in [7, 11) is 0. The molecule has 2 aromatic carbocycles. The topological polar surface area (TPSA) is 9.23 Å². The van der Waals surface area contributed by atoms with Crippen LogP contribution >= 0.6 is 0 Å². The van der Waals surface area contributed by atoms with Crippen LogP contribution in [0.15, 0.2) is 48.5 Å². The van der Waals surface area contributed by atoms with Gasteiger partial charge in [0.1, 0.15) is 11.5 Å². The summed E-state index contributed by atoms with van der Waals surface area (Å²) in [6.07, 6.45) is 16.5. The van der Waals surface area contributed by atoms with E-state index < -0.39 is 0 Å². The minimum Gasteiger partial charge on any atom is -0.457 e. The molecule has 0 radical (unpaired) electrons. The van der Waals surface area contributed by atoms with Crippen molar-refractivity contribution in [3.05, 3.63) is 59.7 Å². The van der Waals surface area contributed by atoms with Gasteiger partial charge in [0.25, 0.3) is 0 Å². The highest BCUT2D eigenvalue weighted by atomic mass is 16.5. The maximum atomic E-state index is 6.16. The molecule has 2 aliphatic rings. The van der Waals surface area contributed by atoms with E-state index in [1.807, 2.05) is 0 Å². The fraction of sp³-hybridized carbons (Fsp3) is 0.600. The molecule has 0 spiro atoms. The Morgan fingerprint density at radius 2 is 0.903 bits per heavy atom. The fourth-order valence-corrected chi connectivity index (χ4v) is 6.14. The van der Waals surface area contributed by atoms with Gasteiger partial charge >= 0.3 is 0 Å². The Morgan fingerprint density at radius 1 is 0.548 bits per heavy atom. The zero-order chi connectivity index (χ0) is 21.5. The first-order valence-corrected chi connectivity index (χ1v) is 13.1. The number of rotatable bonds is 8. The van der Waals surface area contributed by atoms with E-state index in [1.165, 1.54) is 88.2 Å². The van der Waals surface area contributed by atoms with E-state index in [1.54, 1.807) is 0 Å². The molecule has 0 N–H and O–H groups in total. The van der Waals surface area contributed by atoms with Crippen molar-refractivity contribution in [2.24, 2.45) is 11.8 Å². The van der Waals surface area contributed by atoms with Crippen LogP contribution in [0.2, 0.25) is 0 Å². The summed E-state index contributed by atoms with van der Waals surface area (Å²) in [5.74, 6) is 5.34. The van der Waals surface area contributed by atoms with Crippen LogP contribution in [0.25, 0.3) is 0 Å². The maximum absolute atomic E-state index is 6.16. The SMILES string of the molecule is CCCC1CCC(c2ccc(Oc3ccc(C4CCC(CCC)CC4)cc3)cc2)CC1. The summed E-state index contributed by atoms with van der Waals surface area (Å²) < 4.78 is 6.16. The summed E-state index contributed by atoms with van der Waals surface area (Å²) in [6.45, 7) is 4.63. The van der Waals surface area contributed by atoms with Crippen LogP contribution in [-0.4, -0.2) is 0 Å². The van der Waals surface area contributed by atoms with E-state index in [0.717, 1.165) is 35.2 Å². The molecule has 0 aliphatic heterocycles. The number of ether oxygens (including phenoxy) is 1. The zero-order valence-electron chi connectivity index (χ0n) is 19.8. The third-order valence-electron chi connectivity index (χ3n) is 8.03. The Labute approximate surface area is 190 Å². The molecule has 4 rings (SSSR count). The lowest BCUT2D eigenvalue weighted by Gasteiger charge is -2.29. The lowest BCUT2D eigenvalue weighted by Crippen LogP contribution is -2.13. The Morgan fingerprint density at radius 3 is 1.23 bits per heavy atom. The lowest BCUT2D eigenvalue weighted by atomic mass is 9.77. The van der Waals surface area contributed by atoms with Gasteiger partial charge in [-0.2, -0.15) is 0 Å². The standard InChI is InChI=1S/C30H42O/c1-3-5-23-7-11-25(12-8-23)27-15-19-29(20-16-27)31-30-21-17-28(18-22-30)26-13-9-24(6-4-2)10-14-26/h15-26H,3-14H2,1-2H3. The molecular weight excluding hydrogens is 376 g/mol. The van der Waals surface area contributed by atoms with E-state index in [4.69, 9.17) is 4.74 Å². The van der Waals surface area contributed by atoms with Crippen LogP contribution in [0.4, 0.5) is 0 Å². The molecule has 0 heterocycles. The monoisotopic (exact) mass is 418 g/mol. The third-order valence-corrected chi connectivity index (χ3v) is 8.03. The van der Waals surface area contributed by atoms with Crippen LogP contribution < -0.4 is 4.74 Å². The van der Waals surface area contributed by atoms with Crippen molar-refractivity contribution in [1.29, 1.82) is 0 Å². The van der Waals surface area contributed by atoms with Gasteiger partial charge in [-0.15, -0.1) is 0 Å². The molecule has 168 valence electrons. The summed E-state index contributed by atoms with van der Waals surface area (Å²) in [5.41, 5.74) is 2.99. The van der Waals surface area contributed by atoms with Crippen molar-refractivity contribution in [2.45, 2.75) is 103 Å². The normalized spacial score (nSPS) is 26.5. The van der Waals surface area contributed by atoms with Gasteiger partial charge in [-0.05, 0) is 110 Å². The first-order valence-electron chi connectivity index (χ1n) is 13.1. The molecule has 0 amide bonds. The average Bonchev–Trinajstić information content (AvgIpc) is 2.82. The Bertz CT molecular complexity index is 692. The van der Waals surface area contributed by atoms with Crippen LogP contribution in [0.3, 0.4) is 0 Å². The van der Waals surface area contributed by atoms with Crippen molar-refractivity contribution in [3.63, 3.8) is 0 Å². The summed E-state index contributed by atoms with van der Waals surface area (Å²) in [4.78, 5) is 0. The van der Waals surface area contributed by atoms with Gasteiger partial charge < -0.3 is 4.74 Å². The van der Waals surface area contributed by atoms with Gasteiger partial charge in [0.05, 0.1) is 0 Å². The molecule has 1 nitrogen and oxygen atoms in total. The zero-order valence-corrected chi connectivity index (χ0v) is 19.8. The second-order valence-electron chi connectivity index (χ2n) is 10.3. The second kappa shape index (κ2) is 11.2. The van der Waals surface area contributed by atoms with Crippen LogP contribution in [0.5, 0.6) is 11.5 Å². The van der Waals surface area contributed by atoms with Gasteiger partial charge in [-0.3, -0.25) is 0 Å². The molecule has 31 heavy (non-hydrogen) atoms. The van der Waals surface area contributed by atoms with E-state index in [9.17, 15) is 0 Å². The molecule has 0 bridgehead atoms. The molecule has 0 atom stereocenters. The quantitative estimate of drug-likeness (QED) is 0.414. The van der Waals surface area contributed by atoms with Crippen LogP contribution in [-0.2, 0) is 0 Å². The molecule has 2 fully saturated rings. The summed E-state index contributed by atoms with van der Waals surface area (Å²) in [6, 6.07) is 17.8. The Balaban J connectivity index is 1.28. The largest absolute Gasteiger partial charge is 0.457 e. The van der Waals surface area contributed by atoms with Crippen LogP contribution in [0, 0.1) is 11.8 Å². The van der Waals surface area contributed by atoms with Crippen LogP contribution in [0.1, 0.15) is 114 Å². The van der Waals surface area contributed by atoms with E-state index in [-0.39, 0.29) is 0 Å². The van der Waals surface area contributed by atoms with Crippen molar-refractivity contribution in [2.75, 3.05) is 0 Å². The number of benzene rings is 2. The van der Waals surface area contributed by atoms with Gasteiger partial charge in [-0.1, -0.05) is 63.8 Å². The summed E-state index contributed by atoms with van der Waals surface area (Å²) in [5, 5.41) is 0. The Kier molecular flexibility index (Phi) is 8.11. The minimum atomic E-state index is 0.744. The summed E-state index contributed by atoms with van der Waals surface area (Å²) >= 11 is 0. The van der Waals surface area contributed by atoms with E-state index >= 15 is 0 Å². The third kappa shape index (κ3) is 6.15. The highest BCUT2D eigenvalue weighted by Gasteiger charge is 2.23. The van der Waals surface area contributed by atoms with Gasteiger partial charge in [-0.25, -0.2) is 0 Å². The predicted octanol–water partition coefficient (Wildman–Crippen LogP) is 9.63. The minimum absolute atomic E-state index is 0.744. The second-order valence-corrected chi connectivity index (χ2v) is 10.3. The Hall–Kier alpha value is -1.76. The van der Waals surface area contributed by atoms with Crippen molar-refractivity contribution >= 4 is 0 Å². The van der Waals surface area contributed by atoms with Crippen molar-refractivity contribution in [3.8, 4) is 11.5 Å². The number of hydrogen-bond donors (Lipinski definition) is 0. The first kappa shape index (κ1) is 22.4. The average molecular weight is 419 g/mol. The fourth-order valence-electron chi connectivity index (χ4n) is 6.14. The first-order chi connectivity index (χ1) is 15.2. The van der Waals surface area contributed by atoms with Gasteiger partial charge in [0.2, 0.25) is 0 Å². The van der Waals surface area contributed by atoms with E-state index in [2.05, 4.69) is 62.4 Å². The van der Waals surface area contributed by atoms with Crippen molar-refractivity contribution < 1.29 is 4.74 Å². The van der Waals surface area contributed by atoms with Gasteiger partial charge in [0, 0.05) is 0 Å². The predicted molar refractivity (Wildman–Crippen MR) is 132 cm³/mol. The number of hydrogen-bond acceptors (Lipinski definition) is 1. The molecule has 1 heteroatoms. The van der Waals surface area contributed by atoms with Crippen molar-refractivity contribution in [1.82, 2.24) is 0 Å². The molecule has 2 aromatic rings. The maximum Gasteiger partial charge on any atom is 0.127 e. The van der Waals surface area contributed by atoms with Gasteiger partial charge in [0.15, 0.2) is 0 Å². The highest BCUT2D eigenvalue weighted by molar-refractivity contribution is 5.36. The molecule has 2 aliphatic carbocycles. The molecule has 0 saturated heterocycles. The lowest BCUT2D eigenvalue weighted by molar-refractivity contribution is 0.308. The molecule has 0 aromatic heterocycles. The highest BCUT2D eigenvalue weighted by Crippen LogP contribution is 2.39. The smallest absolute Gasteiger partial charge is 0.127 e. The molecular formula is C30H42O. The molecule has 0 unspecified atom stereocenters. The van der Waals surface area contributed by atoms with E-state index in [0.29, 0.717) is 0 Å². The molecule has 2 saturated carbocycles.